The number of nitrogens with one attached hydrogen (secondary N) is 2. The molecule has 1 aromatic heterocycles. The van der Waals surface area contributed by atoms with Crippen molar-refractivity contribution in [3.05, 3.63) is 16.0 Å². The maximum atomic E-state index is 11.4. The predicted octanol–water partition coefficient (Wildman–Crippen LogP) is 0.670. The standard InChI is InChI=1S/C10H13N3O4S/c1-4-5(2)18-8(7(4)9(15)16)13-10(17)12-3-6(11)14/h3H2,1-2H3,(H2,11,14)(H,15,16)(H2,12,13,17). The topological polar surface area (TPSA) is 122 Å². The monoisotopic (exact) mass is 271 g/mol. The molecule has 1 heterocycles. The van der Waals surface area contributed by atoms with Crippen LogP contribution in [0, 0.1) is 13.8 Å². The molecule has 1 aromatic rings. The third-order valence-corrected chi connectivity index (χ3v) is 3.37. The van der Waals surface area contributed by atoms with Gasteiger partial charge in [-0.25, -0.2) is 9.59 Å². The third kappa shape index (κ3) is 3.20. The SMILES string of the molecule is Cc1sc(NC(=O)NCC(N)=O)c(C(=O)O)c1C. The fraction of sp³-hybridized carbons (Fsp3) is 0.300. The summed E-state index contributed by atoms with van der Waals surface area (Å²) in [5.74, 6) is -1.79. The Hall–Kier alpha value is -2.09. The molecule has 0 aromatic carbocycles. The fourth-order valence-electron chi connectivity index (χ4n) is 1.29. The van der Waals surface area contributed by atoms with Gasteiger partial charge in [0, 0.05) is 4.88 Å². The van der Waals surface area contributed by atoms with Crippen LogP contribution in [0.3, 0.4) is 0 Å². The number of hydrogen-bond acceptors (Lipinski definition) is 4. The molecular weight excluding hydrogens is 258 g/mol. The summed E-state index contributed by atoms with van der Waals surface area (Å²) < 4.78 is 0. The van der Waals surface area contributed by atoms with Crippen LogP contribution in [-0.2, 0) is 4.79 Å². The summed E-state index contributed by atoms with van der Waals surface area (Å²) in [6.07, 6.45) is 0. The van der Waals surface area contributed by atoms with Crippen LogP contribution in [-0.4, -0.2) is 29.6 Å². The first kappa shape index (κ1) is 14.0. The Morgan fingerprint density at radius 1 is 1.33 bits per heavy atom. The molecule has 0 fully saturated rings. The average Bonchev–Trinajstić information content (AvgIpc) is 2.51. The molecule has 0 aliphatic carbocycles. The Balaban J connectivity index is 2.84. The number of aromatic carboxylic acids is 1. The Morgan fingerprint density at radius 3 is 2.44 bits per heavy atom. The van der Waals surface area contributed by atoms with Crippen molar-refractivity contribution in [3.63, 3.8) is 0 Å². The fourth-order valence-corrected chi connectivity index (χ4v) is 2.33. The van der Waals surface area contributed by atoms with Crippen molar-refractivity contribution in [2.24, 2.45) is 5.73 Å². The van der Waals surface area contributed by atoms with Gasteiger partial charge in [0.25, 0.3) is 0 Å². The van der Waals surface area contributed by atoms with Crippen LogP contribution < -0.4 is 16.4 Å². The highest BCUT2D eigenvalue weighted by Crippen LogP contribution is 2.32. The molecule has 98 valence electrons. The van der Waals surface area contributed by atoms with E-state index in [9.17, 15) is 14.4 Å². The number of hydrogen-bond donors (Lipinski definition) is 4. The van der Waals surface area contributed by atoms with Crippen molar-refractivity contribution >= 4 is 34.2 Å². The highest BCUT2D eigenvalue weighted by molar-refractivity contribution is 7.16. The quantitative estimate of drug-likeness (QED) is 0.643. The zero-order valence-electron chi connectivity index (χ0n) is 9.86. The van der Waals surface area contributed by atoms with Gasteiger partial charge in [0.1, 0.15) is 5.00 Å². The number of nitrogens with two attached hydrogens (primary N) is 1. The van der Waals surface area contributed by atoms with Crippen LogP contribution in [0.25, 0.3) is 0 Å². The lowest BCUT2D eigenvalue weighted by atomic mass is 10.1. The van der Waals surface area contributed by atoms with E-state index in [2.05, 4.69) is 10.6 Å². The van der Waals surface area contributed by atoms with Crippen LogP contribution in [0.15, 0.2) is 0 Å². The molecule has 0 aliphatic rings. The number of urea groups is 1. The Labute approximate surface area is 107 Å². The molecule has 0 radical (unpaired) electrons. The van der Waals surface area contributed by atoms with Gasteiger partial charge < -0.3 is 16.2 Å². The van der Waals surface area contributed by atoms with Gasteiger partial charge in [-0.15, -0.1) is 11.3 Å². The number of aryl methyl sites for hydroxylation is 1. The van der Waals surface area contributed by atoms with Crippen LogP contribution in [0.4, 0.5) is 9.80 Å². The molecule has 0 atom stereocenters. The molecule has 0 saturated heterocycles. The molecular formula is C10H13N3O4S. The van der Waals surface area contributed by atoms with E-state index >= 15 is 0 Å². The van der Waals surface area contributed by atoms with Crippen LogP contribution in [0.1, 0.15) is 20.8 Å². The number of carbonyl (C=O) groups excluding carboxylic acids is 2. The van der Waals surface area contributed by atoms with Gasteiger partial charge in [-0.05, 0) is 19.4 Å². The van der Waals surface area contributed by atoms with E-state index in [-0.39, 0.29) is 17.1 Å². The first-order valence-electron chi connectivity index (χ1n) is 4.99. The second kappa shape index (κ2) is 5.50. The number of amides is 3. The maximum Gasteiger partial charge on any atom is 0.338 e. The van der Waals surface area contributed by atoms with E-state index in [1.54, 1.807) is 13.8 Å². The van der Waals surface area contributed by atoms with E-state index in [1.165, 1.54) is 0 Å². The predicted molar refractivity (Wildman–Crippen MR) is 67.0 cm³/mol. The normalized spacial score (nSPS) is 9.89. The summed E-state index contributed by atoms with van der Waals surface area (Å²) in [6, 6.07) is -0.669. The van der Waals surface area contributed by atoms with Gasteiger partial charge in [0.15, 0.2) is 0 Å². The second-order valence-corrected chi connectivity index (χ2v) is 4.79. The number of anilines is 1. The number of rotatable bonds is 4. The molecule has 0 saturated carbocycles. The van der Waals surface area contributed by atoms with E-state index < -0.39 is 17.9 Å². The summed E-state index contributed by atoms with van der Waals surface area (Å²) in [4.78, 5) is 33.7. The van der Waals surface area contributed by atoms with E-state index in [1.807, 2.05) is 0 Å². The Kier molecular flexibility index (Phi) is 4.27. The number of carboxylic acid groups (broad SMARTS) is 1. The number of primary amides is 1. The molecule has 0 aliphatic heterocycles. The van der Waals surface area contributed by atoms with Gasteiger partial charge in [0.2, 0.25) is 5.91 Å². The summed E-state index contributed by atoms with van der Waals surface area (Å²) in [5, 5.41) is 13.9. The highest BCUT2D eigenvalue weighted by atomic mass is 32.1. The smallest absolute Gasteiger partial charge is 0.338 e. The maximum absolute atomic E-state index is 11.4. The van der Waals surface area contributed by atoms with Crippen LogP contribution in [0.5, 0.6) is 0 Å². The van der Waals surface area contributed by atoms with Crippen molar-refractivity contribution in [2.75, 3.05) is 11.9 Å². The zero-order valence-corrected chi connectivity index (χ0v) is 10.7. The summed E-state index contributed by atoms with van der Waals surface area (Å²) in [5.41, 5.74) is 5.54. The van der Waals surface area contributed by atoms with Crippen molar-refractivity contribution in [1.82, 2.24) is 5.32 Å². The first-order chi connectivity index (χ1) is 8.32. The molecule has 7 nitrogen and oxygen atoms in total. The lowest BCUT2D eigenvalue weighted by Gasteiger charge is -2.05. The average molecular weight is 271 g/mol. The van der Waals surface area contributed by atoms with Crippen LogP contribution >= 0.6 is 11.3 Å². The van der Waals surface area contributed by atoms with Crippen LogP contribution in [0.2, 0.25) is 0 Å². The lowest BCUT2D eigenvalue weighted by Crippen LogP contribution is -2.36. The van der Waals surface area contributed by atoms with Gasteiger partial charge in [0.05, 0.1) is 12.1 Å². The minimum atomic E-state index is -1.11. The third-order valence-electron chi connectivity index (χ3n) is 2.25. The van der Waals surface area contributed by atoms with Crippen molar-refractivity contribution < 1.29 is 19.5 Å². The van der Waals surface area contributed by atoms with Gasteiger partial charge in [-0.3, -0.25) is 10.1 Å². The molecule has 0 spiro atoms. The lowest BCUT2D eigenvalue weighted by molar-refractivity contribution is -0.117. The number of thiophene rings is 1. The van der Waals surface area contributed by atoms with Gasteiger partial charge in [-0.2, -0.15) is 0 Å². The van der Waals surface area contributed by atoms with E-state index in [4.69, 9.17) is 10.8 Å². The summed E-state index contributed by atoms with van der Waals surface area (Å²) in [6.45, 7) is 3.12. The number of carbonyl (C=O) groups is 3. The van der Waals surface area contributed by atoms with Gasteiger partial charge >= 0.3 is 12.0 Å². The first-order valence-corrected chi connectivity index (χ1v) is 5.81. The molecule has 3 amide bonds. The molecule has 18 heavy (non-hydrogen) atoms. The van der Waals surface area contributed by atoms with Crippen molar-refractivity contribution in [1.29, 1.82) is 0 Å². The van der Waals surface area contributed by atoms with E-state index in [0.29, 0.717) is 5.56 Å². The minimum Gasteiger partial charge on any atom is -0.478 e. The van der Waals surface area contributed by atoms with Crippen molar-refractivity contribution in [3.8, 4) is 0 Å². The molecule has 8 heteroatoms. The highest BCUT2D eigenvalue weighted by Gasteiger charge is 2.20. The van der Waals surface area contributed by atoms with E-state index in [0.717, 1.165) is 16.2 Å². The molecule has 1 rings (SSSR count). The second-order valence-electron chi connectivity index (χ2n) is 3.57. The van der Waals surface area contributed by atoms with Gasteiger partial charge in [-0.1, -0.05) is 0 Å². The molecule has 0 unspecified atom stereocenters. The largest absolute Gasteiger partial charge is 0.478 e. The molecule has 0 bridgehead atoms. The Bertz CT molecular complexity index is 509. The summed E-state index contributed by atoms with van der Waals surface area (Å²) >= 11 is 1.16. The molecule has 5 N–H and O–H groups in total. The zero-order chi connectivity index (χ0) is 13.9. The Morgan fingerprint density at radius 2 is 1.94 bits per heavy atom. The van der Waals surface area contributed by atoms with Crippen molar-refractivity contribution in [2.45, 2.75) is 13.8 Å². The minimum absolute atomic E-state index is 0.0618. The summed E-state index contributed by atoms with van der Waals surface area (Å²) in [7, 11) is 0. The number of carboxylic acids is 1.